The van der Waals surface area contributed by atoms with E-state index in [2.05, 4.69) is 0 Å². The Hall–Kier alpha value is -2.13. The minimum absolute atomic E-state index is 0.0347. The maximum atomic E-state index is 13.2. The van der Waals surface area contributed by atoms with Crippen LogP contribution >= 0.6 is 0 Å². The summed E-state index contributed by atoms with van der Waals surface area (Å²) in [7, 11) is 1.87. The van der Waals surface area contributed by atoms with Crippen LogP contribution in [-0.2, 0) is 19.4 Å². The van der Waals surface area contributed by atoms with Gasteiger partial charge in [0.2, 0.25) is 11.8 Å². The van der Waals surface area contributed by atoms with Crippen LogP contribution in [0.25, 0.3) is 0 Å². The zero-order chi connectivity index (χ0) is 20.6. The van der Waals surface area contributed by atoms with Crippen molar-refractivity contribution in [3.63, 3.8) is 0 Å². The van der Waals surface area contributed by atoms with E-state index >= 15 is 0 Å². The smallest absolute Gasteiger partial charge is 0.242 e. The Morgan fingerprint density at radius 2 is 2.00 bits per heavy atom. The SMILES string of the molecule is COc1ccc(C)cc1N1C[C@H](C(=O)N([C@@H]2CCS(=O)(=O)C2)N(C)C)CC1=O. The van der Waals surface area contributed by atoms with Gasteiger partial charge in [-0.3, -0.25) is 14.6 Å². The predicted molar refractivity (Wildman–Crippen MR) is 106 cm³/mol. The number of ether oxygens (including phenoxy) is 1. The van der Waals surface area contributed by atoms with Crippen LogP contribution in [0.4, 0.5) is 5.69 Å². The van der Waals surface area contributed by atoms with Crippen LogP contribution in [0.5, 0.6) is 5.75 Å². The van der Waals surface area contributed by atoms with E-state index in [9.17, 15) is 18.0 Å². The summed E-state index contributed by atoms with van der Waals surface area (Å²) in [5.41, 5.74) is 1.65. The molecule has 2 aliphatic heterocycles. The lowest BCUT2D eigenvalue weighted by Crippen LogP contribution is -2.52. The average molecular weight is 410 g/mol. The molecule has 154 valence electrons. The molecule has 8 nitrogen and oxygen atoms in total. The molecular formula is C19H27N3O5S. The number of carbonyl (C=O) groups is 2. The van der Waals surface area contributed by atoms with Crippen molar-refractivity contribution in [3.05, 3.63) is 23.8 Å². The molecule has 0 saturated carbocycles. The fourth-order valence-corrected chi connectivity index (χ4v) is 5.67. The zero-order valence-electron chi connectivity index (χ0n) is 16.7. The summed E-state index contributed by atoms with van der Waals surface area (Å²) in [4.78, 5) is 27.5. The summed E-state index contributed by atoms with van der Waals surface area (Å²) in [6.45, 7) is 2.18. The van der Waals surface area contributed by atoms with E-state index in [1.165, 1.54) is 5.01 Å². The summed E-state index contributed by atoms with van der Waals surface area (Å²) in [5.74, 6) is -0.241. The molecule has 9 heteroatoms. The molecule has 0 N–H and O–H groups in total. The highest BCUT2D eigenvalue weighted by molar-refractivity contribution is 7.91. The molecule has 2 aliphatic rings. The van der Waals surface area contributed by atoms with Crippen molar-refractivity contribution < 1.29 is 22.7 Å². The molecule has 2 atom stereocenters. The minimum atomic E-state index is -3.12. The highest BCUT2D eigenvalue weighted by atomic mass is 32.2. The normalized spacial score (nSPS) is 24.0. The second-order valence-electron chi connectivity index (χ2n) is 7.67. The van der Waals surface area contributed by atoms with Crippen LogP contribution in [0.2, 0.25) is 0 Å². The van der Waals surface area contributed by atoms with Crippen molar-refractivity contribution in [1.82, 2.24) is 10.0 Å². The van der Waals surface area contributed by atoms with Crippen LogP contribution < -0.4 is 9.64 Å². The number of nitrogens with zero attached hydrogens (tertiary/aromatic N) is 3. The van der Waals surface area contributed by atoms with Gasteiger partial charge in [0, 0.05) is 27.1 Å². The third kappa shape index (κ3) is 4.00. The molecule has 0 spiro atoms. The van der Waals surface area contributed by atoms with Crippen LogP contribution in [-0.4, -0.2) is 75.5 Å². The maximum Gasteiger partial charge on any atom is 0.242 e. The fraction of sp³-hybridized carbons (Fsp3) is 0.579. The summed E-state index contributed by atoms with van der Waals surface area (Å²) < 4.78 is 29.1. The first-order valence-corrected chi connectivity index (χ1v) is 11.1. The van der Waals surface area contributed by atoms with E-state index in [0.29, 0.717) is 17.9 Å². The Balaban J connectivity index is 1.82. The van der Waals surface area contributed by atoms with Gasteiger partial charge < -0.3 is 9.64 Å². The third-order valence-electron chi connectivity index (χ3n) is 5.31. The number of carbonyl (C=O) groups excluding carboxylic acids is 2. The molecule has 0 aromatic heterocycles. The molecule has 3 rings (SSSR count). The minimum Gasteiger partial charge on any atom is -0.495 e. The molecule has 2 heterocycles. The van der Waals surface area contributed by atoms with Crippen LogP contribution in [0.15, 0.2) is 18.2 Å². The highest BCUT2D eigenvalue weighted by Crippen LogP contribution is 2.35. The second kappa shape index (κ2) is 7.71. The van der Waals surface area contributed by atoms with Gasteiger partial charge in [0.05, 0.1) is 36.3 Å². The summed E-state index contributed by atoms with van der Waals surface area (Å²) in [6.07, 6.45) is 0.516. The number of hydrazine groups is 1. The molecule has 2 saturated heterocycles. The van der Waals surface area contributed by atoms with E-state index in [1.807, 2.05) is 25.1 Å². The Morgan fingerprint density at radius 3 is 2.57 bits per heavy atom. The number of benzene rings is 1. The maximum absolute atomic E-state index is 13.2. The number of aryl methyl sites for hydroxylation is 1. The van der Waals surface area contributed by atoms with Gasteiger partial charge in [-0.25, -0.2) is 13.4 Å². The zero-order valence-corrected chi connectivity index (χ0v) is 17.5. The van der Waals surface area contributed by atoms with Crippen molar-refractivity contribution >= 4 is 27.3 Å². The van der Waals surface area contributed by atoms with Crippen molar-refractivity contribution in [2.45, 2.75) is 25.8 Å². The lowest BCUT2D eigenvalue weighted by molar-refractivity contribution is -0.153. The number of sulfone groups is 1. The summed E-state index contributed by atoms with van der Waals surface area (Å²) in [5, 5.41) is 3.15. The van der Waals surface area contributed by atoms with E-state index < -0.39 is 15.8 Å². The van der Waals surface area contributed by atoms with E-state index in [0.717, 1.165) is 5.56 Å². The molecule has 28 heavy (non-hydrogen) atoms. The molecule has 2 amide bonds. The topological polar surface area (TPSA) is 87.2 Å². The van der Waals surface area contributed by atoms with Gasteiger partial charge in [0.25, 0.3) is 0 Å². The molecule has 0 radical (unpaired) electrons. The van der Waals surface area contributed by atoms with Crippen molar-refractivity contribution in [2.75, 3.05) is 44.2 Å². The standard InChI is InChI=1S/C19H27N3O5S/c1-13-5-6-17(27-4)16(9-13)21-11-14(10-18(21)23)19(24)22(20(2)3)15-7-8-28(25,26)12-15/h5-6,9,14-15H,7-8,10-12H2,1-4H3/t14-,15-/m1/s1. The monoisotopic (exact) mass is 409 g/mol. The Morgan fingerprint density at radius 1 is 1.29 bits per heavy atom. The Bertz CT molecular complexity index is 884. The van der Waals surface area contributed by atoms with E-state index in [-0.39, 0.29) is 42.3 Å². The fourth-order valence-electron chi connectivity index (χ4n) is 3.98. The lowest BCUT2D eigenvalue weighted by atomic mass is 10.1. The molecule has 1 aromatic rings. The lowest BCUT2D eigenvalue weighted by Gasteiger charge is -2.35. The van der Waals surface area contributed by atoms with Crippen molar-refractivity contribution in [3.8, 4) is 5.75 Å². The van der Waals surface area contributed by atoms with Gasteiger partial charge in [-0.15, -0.1) is 0 Å². The van der Waals surface area contributed by atoms with Crippen molar-refractivity contribution in [1.29, 1.82) is 0 Å². The number of amides is 2. The third-order valence-corrected chi connectivity index (χ3v) is 7.06. The number of hydrogen-bond acceptors (Lipinski definition) is 6. The first kappa shape index (κ1) is 20.6. The van der Waals surface area contributed by atoms with Crippen LogP contribution in [0, 0.1) is 12.8 Å². The number of hydrogen-bond donors (Lipinski definition) is 0. The molecule has 0 unspecified atom stereocenters. The second-order valence-corrected chi connectivity index (χ2v) is 9.90. The van der Waals surface area contributed by atoms with E-state index in [4.69, 9.17) is 4.74 Å². The van der Waals surface area contributed by atoms with Gasteiger partial charge >= 0.3 is 0 Å². The number of methoxy groups -OCH3 is 1. The summed E-state index contributed by atoms with van der Waals surface area (Å²) in [6, 6.07) is 5.20. The highest BCUT2D eigenvalue weighted by Gasteiger charge is 2.43. The number of anilines is 1. The molecule has 0 aliphatic carbocycles. The molecule has 1 aromatic carbocycles. The predicted octanol–water partition coefficient (Wildman–Crippen LogP) is 0.849. The summed E-state index contributed by atoms with van der Waals surface area (Å²) >= 11 is 0. The number of rotatable bonds is 5. The van der Waals surface area contributed by atoms with Gasteiger partial charge in [0.1, 0.15) is 5.75 Å². The first-order chi connectivity index (χ1) is 13.1. The Kier molecular flexibility index (Phi) is 5.67. The van der Waals surface area contributed by atoms with Crippen LogP contribution in [0.3, 0.4) is 0 Å². The van der Waals surface area contributed by atoms with Crippen LogP contribution in [0.1, 0.15) is 18.4 Å². The first-order valence-electron chi connectivity index (χ1n) is 9.28. The molecular weight excluding hydrogens is 382 g/mol. The average Bonchev–Trinajstić information content (AvgIpc) is 3.17. The van der Waals surface area contributed by atoms with Crippen molar-refractivity contribution in [2.24, 2.45) is 5.92 Å². The molecule has 2 fully saturated rings. The van der Waals surface area contributed by atoms with Gasteiger partial charge in [-0.1, -0.05) is 6.07 Å². The molecule has 0 bridgehead atoms. The van der Waals surface area contributed by atoms with Gasteiger partial charge in [0.15, 0.2) is 9.84 Å². The quantitative estimate of drug-likeness (QED) is 0.670. The largest absolute Gasteiger partial charge is 0.495 e. The van der Waals surface area contributed by atoms with Gasteiger partial charge in [-0.05, 0) is 31.0 Å². The Labute approximate surface area is 165 Å². The van der Waals surface area contributed by atoms with Gasteiger partial charge in [-0.2, -0.15) is 0 Å². The van der Waals surface area contributed by atoms with E-state index in [1.54, 1.807) is 31.1 Å².